The maximum absolute atomic E-state index is 9.27. The molecule has 4 heteroatoms. The molecule has 18 heavy (non-hydrogen) atoms. The molecule has 0 amide bonds. The zero-order valence-electron chi connectivity index (χ0n) is 9.55. The Balaban J connectivity index is 2.23. The fraction of sp³-hybridized carbons (Fsp3) is 0.0714. The van der Waals surface area contributed by atoms with Crippen molar-refractivity contribution in [1.82, 2.24) is 4.98 Å². The van der Waals surface area contributed by atoms with Gasteiger partial charge < -0.3 is 15.5 Å². The fourth-order valence-electron chi connectivity index (χ4n) is 2.25. The molecule has 1 aliphatic heterocycles. The van der Waals surface area contributed by atoms with Crippen LogP contribution in [0.1, 0.15) is 17.2 Å². The number of nitrogens with one attached hydrogen (secondary N) is 1. The van der Waals surface area contributed by atoms with Crippen LogP contribution in [-0.4, -0.2) is 4.98 Å². The molecule has 0 fully saturated rings. The number of hydrogen-bond donors (Lipinski definition) is 2. The Morgan fingerprint density at radius 3 is 2.78 bits per heavy atom. The lowest BCUT2D eigenvalue weighted by molar-refractivity contribution is 0.393. The van der Waals surface area contributed by atoms with Crippen LogP contribution in [0, 0.1) is 11.3 Å². The second kappa shape index (κ2) is 3.97. The monoisotopic (exact) mass is 237 g/mol. The summed E-state index contributed by atoms with van der Waals surface area (Å²) in [4.78, 5) is 3.14. The number of aromatic amines is 1. The van der Waals surface area contributed by atoms with Crippen LogP contribution in [-0.2, 0) is 0 Å². The van der Waals surface area contributed by atoms with Crippen molar-refractivity contribution in [2.24, 2.45) is 5.73 Å². The Morgan fingerprint density at radius 2 is 2.06 bits per heavy atom. The Labute approximate surface area is 104 Å². The van der Waals surface area contributed by atoms with E-state index < -0.39 is 0 Å². The van der Waals surface area contributed by atoms with Crippen LogP contribution < -0.4 is 10.5 Å². The molecule has 0 spiro atoms. The predicted octanol–water partition coefficient (Wildman–Crippen LogP) is 2.23. The number of nitrogens with two attached hydrogens (primary N) is 1. The fourth-order valence-corrected chi connectivity index (χ4v) is 2.25. The van der Waals surface area contributed by atoms with Crippen LogP contribution in [0.5, 0.6) is 5.75 Å². The first-order valence-electron chi connectivity index (χ1n) is 5.61. The first-order chi connectivity index (χ1) is 8.81. The summed E-state index contributed by atoms with van der Waals surface area (Å²) >= 11 is 0. The number of hydrogen-bond acceptors (Lipinski definition) is 3. The molecule has 88 valence electrons. The summed E-state index contributed by atoms with van der Waals surface area (Å²) in [6.45, 7) is 0. The van der Waals surface area contributed by atoms with Gasteiger partial charge in [-0.05, 0) is 18.2 Å². The molecule has 2 aromatic rings. The zero-order chi connectivity index (χ0) is 12.5. The lowest BCUT2D eigenvalue weighted by Crippen LogP contribution is -2.21. The summed E-state index contributed by atoms with van der Waals surface area (Å²) in [5.74, 6) is 0.694. The quantitative estimate of drug-likeness (QED) is 0.798. The number of ether oxygens (including phenoxy) is 1. The molecule has 0 saturated carbocycles. The van der Waals surface area contributed by atoms with Crippen molar-refractivity contribution in [3.05, 3.63) is 65.3 Å². The van der Waals surface area contributed by atoms with Gasteiger partial charge in [-0.1, -0.05) is 18.2 Å². The number of aromatic nitrogens is 1. The third kappa shape index (κ3) is 1.45. The number of rotatable bonds is 1. The van der Waals surface area contributed by atoms with Gasteiger partial charge in [0.25, 0.3) is 0 Å². The number of benzene rings is 1. The average Bonchev–Trinajstić information content (AvgIpc) is 2.90. The lowest BCUT2D eigenvalue weighted by Gasteiger charge is -2.25. The van der Waals surface area contributed by atoms with Gasteiger partial charge in [0.05, 0.1) is 5.92 Å². The average molecular weight is 237 g/mol. The molecule has 1 atom stereocenters. The molecule has 0 saturated heterocycles. The number of para-hydroxylation sites is 1. The molecular formula is C14H11N3O. The molecule has 0 aliphatic carbocycles. The third-order valence-corrected chi connectivity index (χ3v) is 3.06. The minimum Gasteiger partial charge on any atom is -0.440 e. The van der Waals surface area contributed by atoms with Crippen LogP contribution in [0.2, 0.25) is 0 Å². The summed E-state index contributed by atoms with van der Waals surface area (Å²) in [6.07, 6.45) is 1.83. The summed E-state index contributed by atoms with van der Waals surface area (Å²) in [5, 5.41) is 9.27. The summed E-state index contributed by atoms with van der Waals surface area (Å²) in [7, 11) is 0. The molecule has 0 unspecified atom stereocenters. The van der Waals surface area contributed by atoms with Crippen molar-refractivity contribution in [2.75, 3.05) is 0 Å². The summed E-state index contributed by atoms with van der Waals surface area (Å²) < 4.78 is 5.48. The van der Waals surface area contributed by atoms with Crippen LogP contribution >= 0.6 is 0 Å². The highest BCUT2D eigenvalue weighted by molar-refractivity contribution is 5.54. The van der Waals surface area contributed by atoms with Gasteiger partial charge in [0.1, 0.15) is 17.4 Å². The van der Waals surface area contributed by atoms with E-state index in [1.165, 1.54) is 0 Å². The van der Waals surface area contributed by atoms with Crippen LogP contribution in [0.3, 0.4) is 0 Å². The zero-order valence-corrected chi connectivity index (χ0v) is 9.55. The molecule has 4 nitrogen and oxygen atoms in total. The molecular weight excluding hydrogens is 226 g/mol. The minimum atomic E-state index is -0.185. The van der Waals surface area contributed by atoms with E-state index in [4.69, 9.17) is 10.5 Å². The second-order valence-electron chi connectivity index (χ2n) is 4.09. The predicted molar refractivity (Wildman–Crippen MR) is 66.5 cm³/mol. The van der Waals surface area contributed by atoms with Crippen molar-refractivity contribution in [2.45, 2.75) is 5.92 Å². The molecule has 1 aliphatic rings. The minimum absolute atomic E-state index is 0.177. The van der Waals surface area contributed by atoms with Crippen molar-refractivity contribution >= 4 is 0 Å². The highest BCUT2D eigenvalue weighted by Gasteiger charge is 2.30. The number of H-pyrrole nitrogens is 1. The Morgan fingerprint density at radius 1 is 1.22 bits per heavy atom. The smallest absolute Gasteiger partial charge is 0.205 e. The summed E-state index contributed by atoms with van der Waals surface area (Å²) in [5.41, 5.74) is 8.15. The SMILES string of the molecule is N#CC1=C(N)Oc2ccccc2[C@@H]1c1ccc[nH]1. The standard InChI is InChI=1S/C14H11N3O/c15-8-10-13(11-5-3-7-17-11)9-4-1-2-6-12(9)18-14(10)16/h1-7,13,17H,16H2/t13-/m0/s1. The Hall–Kier alpha value is -2.67. The molecule has 1 aromatic carbocycles. The van der Waals surface area contributed by atoms with E-state index in [1.807, 2.05) is 42.6 Å². The van der Waals surface area contributed by atoms with Gasteiger partial charge in [0.15, 0.2) is 0 Å². The number of allylic oxidation sites excluding steroid dienone is 1. The van der Waals surface area contributed by atoms with Gasteiger partial charge >= 0.3 is 0 Å². The normalized spacial score (nSPS) is 17.8. The van der Waals surface area contributed by atoms with Crippen molar-refractivity contribution in [3.63, 3.8) is 0 Å². The van der Waals surface area contributed by atoms with E-state index in [9.17, 15) is 5.26 Å². The lowest BCUT2D eigenvalue weighted by atomic mass is 9.87. The van der Waals surface area contributed by atoms with E-state index in [2.05, 4.69) is 11.1 Å². The van der Waals surface area contributed by atoms with Crippen LogP contribution in [0.4, 0.5) is 0 Å². The van der Waals surface area contributed by atoms with E-state index in [-0.39, 0.29) is 11.8 Å². The summed E-state index contributed by atoms with van der Waals surface area (Å²) in [6, 6.07) is 13.6. The van der Waals surface area contributed by atoms with Crippen LogP contribution in [0.25, 0.3) is 0 Å². The van der Waals surface area contributed by atoms with E-state index >= 15 is 0 Å². The van der Waals surface area contributed by atoms with Gasteiger partial charge in [-0.2, -0.15) is 5.26 Å². The molecule has 0 bridgehead atoms. The van der Waals surface area contributed by atoms with Crippen LogP contribution in [0.15, 0.2) is 54.1 Å². The number of fused-ring (bicyclic) bond motifs is 1. The maximum atomic E-state index is 9.27. The molecule has 3 rings (SSSR count). The van der Waals surface area contributed by atoms with E-state index in [1.54, 1.807) is 0 Å². The van der Waals surface area contributed by atoms with E-state index in [0.29, 0.717) is 11.3 Å². The largest absolute Gasteiger partial charge is 0.440 e. The molecule has 2 heterocycles. The van der Waals surface area contributed by atoms with Gasteiger partial charge in [0, 0.05) is 17.5 Å². The van der Waals surface area contributed by atoms with Crippen molar-refractivity contribution < 1.29 is 4.74 Å². The first kappa shape index (κ1) is 10.5. The molecule has 0 radical (unpaired) electrons. The third-order valence-electron chi connectivity index (χ3n) is 3.06. The molecule has 1 aromatic heterocycles. The van der Waals surface area contributed by atoms with Crippen molar-refractivity contribution in [1.29, 1.82) is 5.26 Å². The topological polar surface area (TPSA) is 74.8 Å². The number of nitriles is 1. The Kier molecular flexibility index (Phi) is 2.31. The van der Waals surface area contributed by atoms with Gasteiger partial charge in [-0.3, -0.25) is 0 Å². The maximum Gasteiger partial charge on any atom is 0.205 e. The first-order valence-corrected chi connectivity index (χ1v) is 5.61. The highest BCUT2D eigenvalue weighted by Crippen LogP contribution is 2.40. The highest BCUT2D eigenvalue weighted by atomic mass is 16.5. The second-order valence-corrected chi connectivity index (χ2v) is 4.09. The van der Waals surface area contributed by atoms with Gasteiger partial charge in [0.2, 0.25) is 5.88 Å². The van der Waals surface area contributed by atoms with Crippen molar-refractivity contribution in [3.8, 4) is 11.8 Å². The molecule has 3 N–H and O–H groups in total. The Bertz CT molecular complexity index is 650. The number of nitrogens with zero attached hydrogens (tertiary/aromatic N) is 1. The van der Waals surface area contributed by atoms with E-state index in [0.717, 1.165) is 11.3 Å². The van der Waals surface area contributed by atoms with Gasteiger partial charge in [-0.15, -0.1) is 0 Å². The van der Waals surface area contributed by atoms with Gasteiger partial charge in [-0.25, -0.2) is 0 Å².